The highest BCUT2D eigenvalue weighted by molar-refractivity contribution is 7.80. The molecule has 98 valence electrons. The summed E-state index contributed by atoms with van der Waals surface area (Å²) in [6.07, 6.45) is 1.22. The molecule has 1 aliphatic rings. The monoisotopic (exact) mass is 265 g/mol. The SMILES string of the molecule is CC(=O)N1CCC(C(O)c2ccccc2S)CC1. The van der Waals surface area contributed by atoms with E-state index >= 15 is 0 Å². The lowest BCUT2D eigenvalue weighted by Crippen LogP contribution is -2.38. The number of likely N-dealkylation sites (tertiary alicyclic amines) is 1. The first kappa shape index (κ1) is 13.4. The summed E-state index contributed by atoms with van der Waals surface area (Å²) in [7, 11) is 0. The molecule has 1 N–H and O–H groups in total. The van der Waals surface area contributed by atoms with Crippen molar-refractivity contribution in [2.75, 3.05) is 13.1 Å². The Morgan fingerprint density at radius 3 is 2.56 bits per heavy atom. The molecule has 2 rings (SSSR count). The Bertz CT molecular complexity index is 428. The predicted octanol–water partition coefficient (Wildman–Crippen LogP) is 2.27. The van der Waals surface area contributed by atoms with Crippen LogP contribution in [0.4, 0.5) is 0 Å². The van der Waals surface area contributed by atoms with E-state index in [-0.39, 0.29) is 11.8 Å². The van der Waals surface area contributed by atoms with Crippen LogP contribution in [-0.2, 0) is 4.79 Å². The number of hydrogen-bond donors (Lipinski definition) is 2. The molecule has 1 fully saturated rings. The van der Waals surface area contributed by atoms with E-state index in [0.717, 1.165) is 36.4 Å². The second-order valence-corrected chi connectivity index (χ2v) is 5.33. The third-order valence-corrected chi connectivity index (χ3v) is 4.09. The molecule has 1 amide bonds. The van der Waals surface area contributed by atoms with Crippen LogP contribution in [0.2, 0.25) is 0 Å². The molecule has 4 heteroatoms. The molecule has 0 spiro atoms. The zero-order valence-electron chi connectivity index (χ0n) is 10.5. The van der Waals surface area contributed by atoms with Gasteiger partial charge in [0.15, 0.2) is 0 Å². The first-order chi connectivity index (χ1) is 8.59. The molecule has 0 saturated carbocycles. The van der Waals surface area contributed by atoms with Crippen LogP contribution in [0.1, 0.15) is 31.4 Å². The summed E-state index contributed by atoms with van der Waals surface area (Å²) in [6.45, 7) is 3.08. The fraction of sp³-hybridized carbons (Fsp3) is 0.500. The van der Waals surface area contributed by atoms with E-state index in [1.54, 1.807) is 6.92 Å². The summed E-state index contributed by atoms with van der Waals surface area (Å²) >= 11 is 4.38. The van der Waals surface area contributed by atoms with E-state index in [1.807, 2.05) is 29.2 Å². The Hall–Kier alpha value is -1.00. The molecule has 3 nitrogen and oxygen atoms in total. The van der Waals surface area contributed by atoms with Crippen LogP contribution >= 0.6 is 12.6 Å². The lowest BCUT2D eigenvalue weighted by molar-refractivity contribution is -0.130. The number of hydrogen-bond acceptors (Lipinski definition) is 3. The van der Waals surface area contributed by atoms with Gasteiger partial charge >= 0.3 is 0 Å². The van der Waals surface area contributed by atoms with Crippen molar-refractivity contribution in [2.45, 2.75) is 30.8 Å². The highest BCUT2D eigenvalue weighted by Gasteiger charge is 2.27. The van der Waals surface area contributed by atoms with Crippen molar-refractivity contribution in [1.29, 1.82) is 0 Å². The molecule has 1 saturated heterocycles. The minimum atomic E-state index is -0.479. The molecule has 1 aromatic rings. The molecule has 1 heterocycles. The lowest BCUT2D eigenvalue weighted by atomic mass is 9.87. The number of benzene rings is 1. The summed E-state index contributed by atoms with van der Waals surface area (Å²) in [4.78, 5) is 13.9. The summed E-state index contributed by atoms with van der Waals surface area (Å²) in [6, 6.07) is 7.65. The zero-order chi connectivity index (χ0) is 13.1. The highest BCUT2D eigenvalue weighted by Crippen LogP contribution is 2.33. The fourth-order valence-corrected chi connectivity index (χ4v) is 2.81. The first-order valence-electron chi connectivity index (χ1n) is 6.31. The summed E-state index contributed by atoms with van der Waals surface area (Å²) in [5.74, 6) is 0.339. The van der Waals surface area contributed by atoms with Gasteiger partial charge in [0, 0.05) is 24.9 Å². The number of amides is 1. The molecular weight excluding hydrogens is 246 g/mol. The van der Waals surface area contributed by atoms with Crippen LogP contribution in [0.3, 0.4) is 0 Å². The molecule has 0 aromatic heterocycles. The van der Waals surface area contributed by atoms with Gasteiger partial charge in [0.25, 0.3) is 0 Å². The average Bonchev–Trinajstić information content (AvgIpc) is 2.38. The normalized spacial score (nSPS) is 18.7. The van der Waals surface area contributed by atoms with E-state index in [4.69, 9.17) is 0 Å². The second kappa shape index (κ2) is 5.76. The van der Waals surface area contributed by atoms with Crippen molar-refractivity contribution in [2.24, 2.45) is 5.92 Å². The van der Waals surface area contributed by atoms with Crippen molar-refractivity contribution < 1.29 is 9.90 Å². The average molecular weight is 265 g/mol. The van der Waals surface area contributed by atoms with Crippen molar-refractivity contribution in [3.05, 3.63) is 29.8 Å². The van der Waals surface area contributed by atoms with Gasteiger partial charge in [-0.05, 0) is 30.4 Å². The largest absolute Gasteiger partial charge is 0.388 e. The molecular formula is C14H19NO2S. The Labute approximate surface area is 113 Å². The molecule has 0 radical (unpaired) electrons. The third kappa shape index (κ3) is 2.87. The Morgan fingerprint density at radius 1 is 1.39 bits per heavy atom. The standard InChI is InChI=1S/C14H19NO2S/c1-10(16)15-8-6-11(7-9-15)14(17)12-4-2-3-5-13(12)18/h2-5,11,14,17-18H,6-9H2,1H3. The Balaban J connectivity index is 2.02. The van der Waals surface area contributed by atoms with Crippen LogP contribution in [-0.4, -0.2) is 29.0 Å². The highest BCUT2D eigenvalue weighted by atomic mass is 32.1. The predicted molar refractivity (Wildman–Crippen MR) is 73.6 cm³/mol. The number of nitrogens with zero attached hydrogens (tertiary/aromatic N) is 1. The van der Waals surface area contributed by atoms with Gasteiger partial charge in [-0.1, -0.05) is 18.2 Å². The van der Waals surface area contributed by atoms with Gasteiger partial charge in [0.1, 0.15) is 0 Å². The molecule has 1 unspecified atom stereocenters. The van der Waals surface area contributed by atoms with E-state index in [0.29, 0.717) is 0 Å². The van der Waals surface area contributed by atoms with Crippen LogP contribution < -0.4 is 0 Å². The van der Waals surface area contributed by atoms with Crippen LogP contribution in [0.15, 0.2) is 29.2 Å². The maximum atomic E-state index is 11.3. The van der Waals surface area contributed by atoms with Crippen LogP contribution in [0, 0.1) is 5.92 Å². The van der Waals surface area contributed by atoms with Gasteiger partial charge in [-0.15, -0.1) is 12.6 Å². The smallest absolute Gasteiger partial charge is 0.219 e. The molecule has 0 aliphatic carbocycles. The molecule has 1 atom stereocenters. The van der Waals surface area contributed by atoms with Crippen molar-refractivity contribution in [3.63, 3.8) is 0 Å². The number of thiol groups is 1. The number of carbonyl (C=O) groups is 1. The first-order valence-corrected chi connectivity index (χ1v) is 6.76. The van der Waals surface area contributed by atoms with Gasteiger partial charge in [-0.3, -0.25) is 4.79 Å². The topological polar surface area (TPSA) is 40.5 Å². The van der Waals surface area contributed by atoms with E-state index < -0.39 is 6.10 Å². The minimum Gasteiger partial charge on any atom is -0.388 e. The molecule has 1 aromatic carbocycles. The quantitative estimate of drug-likeness (QED) is 0.805. The van der Waals surface area contributed by atoms with Gasteiger partial charge in [0.05, 0.1) is 6.10 Å². The maximum absolute atomic E-state index is 11.3. The van der Waals surface area contributed by atoms with Crippen LogP contribution in [0.25, 0.3) is 0 Å². The summed E-state index contributed by atoms with van der Waals surface area (Å²) in [5.41, 5.74) is 0.891. The molecule has 1 aliphatic heterocycles. The third-order valence-electron chi connectivity index (χ3n) is 3.69. The number of rotatable bonds is 2. The number of aliphatic hydroxyl groups is 1. The summed E-state index contributed by atoms with van der Waals surface area (Å²) in [5, 5.41) is 10.4. The van der Waals surface area contributed by atoms with Gasteiger partial charge in [-0.2, -0.15) is 0 Å². The van der Waals surface area contributed by atoms with Gasteiger partial charge in [0.2, 0.25) is 5.91 Å². The van der Waals surface area contributed by atoms with Gasteiger partial charge < -0.3 is 10.0 Å². The van der Waals surface area contributed by atoms with Crippen LogP contribution in [0.5, 0.6) is 0 Å². The second-order valence-electron chi connectivity index (χ2n) is 4.85. The number of aliphatic hydroxyl groups excluding tert-OH is 1. The van der Waals surface area contributed by atoms with Crippen molar-refractivity contribution in [1.82, 2.24) is 4.90 Å². The van der Waals surface area contributed by atoms with E-state index in [1.165, 1.54) is 0 Å². The fourth-order valence-electron chi connectivity index (χ4n) is 2.52. The van der Waals surface area contributed by atoms with E-state index in [2.05, 4.69) is 12.6 Å². The minimum absolute atomic E-state index is 0.123. The van der Waals surface area contributed by atoms with Crippen molar-refractivity contribution >= 4 is 18.5 Å². The number of piperidine rings is 1. The Morgan fingerprint density at radius 2 is 2.00 bits per heavy atom. The van der Waals surface area contributed by atoms with Gasteiger partial charge in [-0.25, -0.2) is 0 Å². The van der Waals surface area contributed by atoms with Crippen molar-refractivity contribution in [3.8, 4) is 0 Å². The molecule has 0 bridgehead atoms. The Kier molecular flexibility index (Phi) is 4.30. The maximum Gasteiger partial charge on any atom is 0.219 e. The summed E-state index contributed by atoms with van der Waals surface area (Å²) < 4.78 is 0. The molecule has 18 heavy (non-hydrogen) atoms. The zero-order valence-corrected chi connectivity index (χ0v) is 11.4. The number of carbonyl (C=O) groups excluding carboxylic acids is 1. The lowest BCUT2D eigenvalue weighted by Gasteiger charge is -2.34. The van der Waals surface area contributed by atoms with E-state index in [9.17, 15) is 9.90 Å².